The van der Waals surface area contributed by atoms with Gasteiger partial charge in [-0.25, -0.2) is 0 Å². The standard InChI is InChI=1S/C58H100O6/c1-4-7-10-13-16-18-20-22-24-25-26-27-28-29-30-31-32-33-35-36-38-40-42-45-48-51-57(60)63-54-55(53-62-56(59)50-47-44-15-12-9-6-3)64-58(61)52-49-46-43-41-39-37-34-23-21-19-17-14-11-8-5-2/h7,10,16-19,22-24,26-27,34,55H,4-6,8-9,11-15,20-21,25,28-33,35-54H2,1-3H3/b10-7-,18-16-,19-17-,24-22-,27-26-,34-23-. The van der Waals surface area contributed by atoms with Gasteiger partial charge in [0.15, 0.2) is 6.10 Å². The summed E-state index contributed by atoms with van der Waals surface area (Å²) in [6.45, 7) is 6.43. The van der Waals surface area contributed by atoms with Gasteiger partial charge in [-0.3, -0.25) is 14.4 Å². The zero-order valence-electron chi connectivity index (χ0n) is 42.0. The number of carbonyl (C=O) groups excluding carboxylic acids is 3. The zero-order valence-corrected chi connectivity index (χ0v) is 42.0. The van der Waals surface area contributed by atoms with Gasteiger partial charge in [0, 0.05) is 19.3 Å². The molecule has 6 nitrogen and oxygen atoms in total. The number of ether oxygens (including phenoxy) is 3. The molecule has 0 saturated heterocycles. The highest BCUT2D eigenvalue weighted by atomic mass is 16.6. The quantitative estimate of drug-likeness (QED) is 0.0262. The van der Waals surface area contributed by atoms with Crippen LogP contribution in [0.2, 0.25) is 0 Å². The lowest BCUT2D eigenvalue weighted by Gasteiger charge is -2.18. The summed E-state index contributed by atoms with van der Waals surface area (Å²) in [5, 5.41) is 0. The van der Waals surface area contributed by atoms with E-state index in [1.54, 1.807) is 0 Å². The van der Waals surface area contributed by atoms with Crippen LogP contribution in [0.4, 0.5) is 0 Å². The molecule has 0 radical (unpaired) electrons. The van der Waals surface area contributed by atoms with E-state index in [1.165, 1.54) is 109 Å². The van der Waals surface area contributed by atoms with Crippen molar-refractivity contribution < 1.29 is 28.6 Å². The third-order valence-electron chi connectivity index (χ3n) is 11.4. The molecule has 0 aromatic heterocycles. The molecule has 64 heavy (non-hydrogen) atoms. The van der Waals surface area contributed by atoms with Crippen LogP contribution in [0.5, 0.6) is 0 Å². The molecule has 0 aliphatic heterocycles. The first-order valence-electron chi connectivity index (χ1n) is 26.9. The first-order valence-corrected chi connectivity index (χ1v) is 26.9. The Labute approximate surface area is 395 Å². The van der Waals surface area contributed by atoms with Crippen molar-refractivity contribution in [1.82, 2.24) is 0 Å². The van der Waals surface area contributed by atoms with Crippen molar-refractivity contribution >= 4 is 17.9 Å². The minimum absolute atomic E-state index is 0.0808. The second-order valence-electron chi connectivity index (χ2n) is 17.8. The third-order valence-corrected chi connectivity index (χ3v) is 11.4. The predicted molar refractivity (Wildman–Crippen MR) is 274 cm³/mol. The molecule has 0 amide bonds. The minimum Gasteiger partial charge on any atom is -0.462 e. The second kappa shape index (κ2) is 52.5. The summed E-state index contributed by atoms with van der Waals surface area (Å²) in [7, 11) is 0. The molecule has 368 valence electrons. The number of carbonyl (C=O) groups is 3. The van der Waals surface area contributed by atoms with Crippen molar-refractivity contribution in [2.75, 3.05) is 13.2 Å². The SMILES string of the molecule is CC/C=C\C/C=C\C/C=C\C/C=C\CCCCCCCCCCCCCCC(=O)OCC(COC(=O)CCCCCCCC)OC(=O)CCCCCCC/C=C\C/C=C\CCCCC. The Morgan fingerprint density at radius 3 is 0.984 bits per heavy atom. The van der Waals surface area contributed by atoms with Gasteiger partial charge in [-0.15, -0.1) is 0 Å². The van der Waals surface area contributed by atoms with Crippen molar-refractivity contribution in [3.63, 3.8) is 0 Å². The molecule has 0 N–H and O–H groups in total. The number of unbranched alkanes of at least 4 members (excludes halogenated alkanes) is 25. The van der Waals surface area contributed by atoms with Crippen LogP contribution in [-0.2, 0) is 28.6 Å². The molecule has 1 unspecified atom stereocenters. The highest BCUT2D eigenvalue weighted by molar-refractivity contribution is 5.71. The summed E-state index contributed by atoms with van der Waals surface area (Å²) in [6.07, 6.45) is 66.3. The topological polar surface area (TPSA) is 78.9 Å². The number of rotatable bonds is 48. The average molecular weight is 893 g/mol. The van der Waals surface area contributed by atoms with E-state index in [0.29, 0.717) is 19.3 Å². The molecule has 0 aromatic rings. The van der Waals surface area contributed by atoms with Crippen LogP contribution in [0.3, 0.4) is 0 Å². The molecule has 0 aliphatic rings. The molecular weight excluding hydrogens is 793 g/mol. The Morgan fingerprint density at radius 1 is 0.328 bits per heavy atom. The monoisotopic (exact) mass is 893 g/mol. The molecule has 0 fully saturated rings. The van der Waals surface area contributed by atoms with Crippen LogP contribution in [0.25, 0.3) is 0 Å². The summed E-state index contributed by atoms with van der Waals surface area (Å²) in [4.78, 5) is 37.8. The number of esters is 3. The van der Waals surface area contributed by atoms with Crippen LogP contribution < -0.4 is 0 Å². The molecule has 6 heteroatoms. The van der Waals surface area contributed by atoms with Gasteiger partial charge in [0.25, 0.3) is 0 Å². The van der Waals surface area contributed by atoms with Gasteiger partial charge in [-0.05, 0) is 89.9 Å². The largest absolute Gasteiger partial charge is 0.462 e. The van der Waals surface area contributed by atoms with E-state index < -0.39 is 6.10 Å². The number of hydrogen-bond donors (Lipinski definition) is 0. The van der Waals surface area contributed by atoms with Gasteiger partial charge in [-0.2, -0.15) is 0 Å². The summed E-state index contributed by atoms with van der Waals surface area (Å²) in [5.41, 5.74) is 0. The summed E-state index contributed by atoms with van der Waals surface area (Å²) in [6, 6.07) is 0. The Hall–Kier alpha value is -3.15. The van der Waals surface area contributed by atoms with Crippen LogP contribution in [0, 0.1) is 0 Å². The number of hydrogen-bond acceptors (Lipinski definition) is 6. The van der Waals surface area contributed by atoms with E-state index in [4.69, 9.17) is 14.2 Å². The molecule has 0 aliphatic carbocycles. The average Bonchev–Trinajstić information content (AvgIpc) is 3.29. The smallest absolute Gasteiger partial charge is 0.306 e. The lowest BCUT2D eigenvalue weighted by atomic mass is 10.0. The van der Waals surface area contributed by atoms with Crippen LogP contribution in [-0.4, -0.2) is 37.2 Å². The molecule has 0 heterocycles. The van der Waals surface area contributed by atoms with Gasteiger partial charge in [-0.1, -0.05) is 222 Å². The van der Waals surface area contributed by atoms with Gasteiger partial charge >= 0.3 is 17.9 Å². The molecule has 0 saturated carbocycles. The van der Waals surface area contributed by atoms with E-state index in [-0.39, 0.29) is 31.1 Å². The highest BCUT2D eigenvalue weighted by Crippen LogP contribution is 2.15. The van der Waals surface area contributed by atoms with E-state index in [0.717, 1.165) is 109 Å². The third kappa shape index (κ3) is 49.9. The van der Waals surface area contributed by atoms with Crippen molar-refractivity contribution in [2.24, 2.45) is 0 Å². The fourth-order valence-electron chi connectivity index (χ4n) is 7.40. The predicted octanol–water partition coefficient (Wildman–Crippen LogP) is 17.8. The van der Waals surface area contributed by atoms with Gasteiger partial charge in [0.2, 0.25) is 0 Å². The van der Waals surface area contributed by atoms with Crippen LogP contribution >= 0.6 is 0 Å². The van der Waals surface area contributed by atoms with E-state index in [2.05, 4.69) is 93.7 Å². The summed E-state index contributed by atoms with van der Waals surface area (Å²) < 4.78 is 16.7. The molecule has 0 aromatic carbocycles. The Bertz CT molecular complexity index is 1210. The van der Waals surface area contributed by atoms with E-state index in [1.807, 2.05) is 0 Å². The molecule has 0 rings (SSSR count). The van der Waals surface area contributed by atoms with Crippen LogP contribution in [0.1, 0.15) is 258 Å². The Morgan fingerprint density at radius 2 is 0.609 bits per heavy atom. The first-order chi connectivity index (χ1) is 31.5. The lowest BCUT2D eigenvalue weighted by molar-refractivity contribution is -0.167. The molecule has 1 atom stereocenters. The summed E-state index contributed by atoms with van der Waals surface area (Å²) >= 11 is 0. The lowest BCUT2D eigenvalue weighted by Crippen LogP contribution is -2.30. The van der Waals surface area contributed by atoms with Gasteiger partial charge < -0.3 is 14.2 Å². The first kappa shape index (κ1) is 60.9. The molecular formula is C58H100O6. The highest BCUT2D eigenvalue weighted by Gasteiger charge is 2.19. The fourth-order valence-corrected chi connectivity index (χ4v) is 7.40. The zero-order chi connectivity index (χ0) is 46.5. The summed E-state index contributed by atoms with van der Waals surface area (Å²) in [5.74, 6) is -0.903. The fraction of sp³-hybridized carbons (Fsp3) is 0.741. The van der Waals surface area contributed by atoms with Crippen molar-refractivity contribution in [2.45, 2.75) is 264 Å². The van der Waals surface area contributed by atoms with Gasteiger partial charge in [0.05, 0.1) is 0 Å². The van der Waals surface area contributed by atoms with E-state index in [9.17, 15) is 14.4 Å². The maximum absolute atomic E-state index is 12.7. The van der Waals surface area contributed by atoms with Crippen molar-refractivity contribution in [3.05, 3.63) is 72.9 Å². The van der Waals surface area contributed by atoms with E-state index >= 15 is 0 Å². The maximum atomic E-state index is 12.7. The molecule has 0 bridgehead atoms. The van der Waals surface area contributed by atoms with Crippen molar-refractivity contribution in [3.8, 4) is 0 Å². The molecule has 0 spiro atoms. The van der Waals surface area contributed by atoms with Crippen molar-refractivity contribution in [1.29, 1.82) is 0 Å². The number of allylic oxidation sites excluding steroid dienone is 12. The normalized spacial score (nSPS) is 12.6. The minimum atomic E-state index is -0.779. The Kier molecular flexibility index (Phi) is 49.9. The van der Waals surface area contributed by atoms with Gasteiger partial charge in [0.1, 0.15) is 13.2 Å². The van der Waals surface area contributed by atoms with Crippen LogP contribution in [0.15, 0.2) is 72.9 Å². The Balaban J connectivity index is 4.14. The maximum Gasteiger partial charge on any atom is 0.306 e. The second-order valence-corrected chi connectivity index (χ2v) is 17.8.